The molecule has 1 rings (SSSR count). The summed E-state index contributed by atoms with van der Waals surface area (Å²) in [5.74, 6) is -3.36. The van der Waals surface area contributed by atoms with Gasteiger partial charge in [-0.05, 0) is 23.6 Å². The zero-order valence-electron chi connectivity index (χ0n) is 12.7. The maximum Gasteiger partial charge on any atom is 0.251 e. The highest BCUT2D eigenvalue weighted by Crippen LogP contribution is 2.17. The lowest BCUT2D eigenvalue weighted by molar-refractivity contribution is -0.120. The molecule has 5 nitrogen and oxygen atoms in total. The van der Waals surface area contributed by atoms with Crippen molar-refractivity contribution in [1.82, 2.24) is 10.6 Å². The highest BCUT2D eigenvalue weighted by atomic mass is 19.2. The second-order valence-electron chi connectivity index (χ2n) is 6.00. The number of amides is 2. The van der Waals surface area contributed by atoms with Gasteiger partial charge in [-0.25, -0.2) is 8.78 Å². The molecule has 2 amide bonds. The number of carbonyl (C=O) groups excluding carboxylic acids is 2. The SMILES string of the molecule is CC(C)(C)C(O)CNC(=O)CNC(=O)c1ccc(F)c(F)c1. The molecule has 0 aliphatic carbocycles. The van der Waals surface area contributed by atoms with E-state index < -0.39 is 29.6 Å². The second kappa shape index (κ2) is 7.31. The summed E-state index contributed by atoms with van der Waals surface area (Å²) in [7, 11) is 0. The molecular weight excluding hydrogens is 294 g/mol. The summed E-state index contributed by atoms with van der Waals surface area (Å²) in [6.07, 6.45) is -0.724. The molecule has 1 atom stereocenters. The van der Waals surface area contributed by atoms with E-state index in [0.29, 0.717) is 0 Å². The van der Waals surface area contributed by atoms with Gasteiger partial charge in [0.2, 0.25) is 5.91 Å². The topological polar surface area (TPSA) is 78.4 Å². The Bertz CT molecular complexity index is 556. The molecule has 1 aromatic carbocycles. The Morgan fingerprint density at radius 2 is 1.82 bits per heavy atom. The first kappa shape index (κ1) is 18.0. The Labute approximate surface area is 127 Å². The fourth-order valence-corrected chi connectivity index (χ4v) is 1.48. The van der Waals surface area contributed by atoms with Gasteiger partial charge in [-0.1, -0.05) is 20.8 Å². The van der Waals surface area contributed by atoms with E-state index in [1.54, 1.807) is 0 Å². The molecule has 7 heteroatoms. The van der Waals surface area contributed by atoms with E-state index in [1.807, 2.05) is 20.8 Å². The molecule has 1 unspecified atom stereocenters. The number of nitrogens with one attached hydrogen (secondary N) is 2. The number of hydrogen-bond acceptors (Lipinski definition) is 3. The summed E-state index contributed by atoms with van der Waals surface area (Å²) in [5.41, 5.74) is -0.455. The predicted molar refractivity (Wildman–Crippen MR) is 77.2 cm³/mol. The van der Waals surface area contributed by atoms with Crippen LogP contribution in [0.4, 0.5) is 8.78 Å². The van der Waals surface area contributed by atoms with Crippen LogP contribution in [0.2, 0.25) is 0 Å². The van der Waals surface area contributed by atoms with Crippen LogP contribution in [-0.2, 0) is 4.79 Å². The van der Waals surface area contributed by atoms with Gasteiger partial charge in [0.25, 0.3) is 5.91 Å². The lowest BCUT2D eigenvalue weighted by atomic mass is 9.89. The van der Waals surface area contributed by atoms with Crippen LogP contribution in [0.15, 0.2) is 18.2 Å². The van der Waals surface area contributed by atoms with Crippen molar-refractivity contribution in [2.45, 2.75) is 26.9 Å². The van der Waals surface area contributed by atoms with Gasteiger partial charge in [0.1, 0.15) is 0 Å². The van der Waals surface area contributed by atoms with Gasteiger partial charge in [0.05, 0.1) is 12.6 Å². The molecule has 1 aromatic rings. The first-order chi connectivity index (χ1) is 10.1. The van der Waals surface area contributed by atoms with Crippen LogP contribution in [0.5, 0.6) is 0 Å². The van der Waals surface area contributed by atoms with E-state index in [9.17, 15) is 23.5 Å². The molecule has 0 saturated carbocycles. The average Bonchev–Trinajstić information content (AvgIpc) is 2.43. The first-order valence-electron chi connectivity index (χ1n) is 6.79. The van der Waals surface area contributed by atoms with Gasteiger partial charge in [-0.3, -0.25) is 9.59 Å². The molecule has 0 aromatic heterocycles. The summed E-state index contributed by atoms with van der Waals surface area (Å²) in [5, 5.41) is 14.5. The maximum absolute atomic E-state index is 13.0. The summed E-state index contributed by atoms with van der Waals surface area (Å²) >= 11 is 0. The highest BCUT2D eigenvalue weighted by Gasteiger charge is 2.22. The van der Waals surface area contributed by atoms with Crippen molar-refractivity contribution >= 4 is 11.8 Å². The van der Waals surface area contributed by atoms with E-state index in [1.165, 1.54) is 0 Å². The Morgan fingerprint density at radius 1 is 1.18 bits per heavy atom. The van der Waals surface area contributed by atoms with Gasteiger partial charge >= 0.3 is 0 Å². The minimum atomic E-state index is -1.13. The fourth-order valence-electron chi connectivity index (χ4n) is 1.48. The Kier molecular flexibility index (Phi) is 5.99. The molecule has 0 saturated heterocycles. The third-order valence-electron chi connectivity index (χ3n) is 3.08. The van der Waals surface area contributed by atoms with E-state index >= 15 is 0 Å². The standard InChI is InChI=1S/C15H20F2N2O3/c1-15(2,3)12(20)7-18-13(21)8-19-14(22)9-4-5-10(16)11(17)6-9/h4-6,12,20H,7-8H2,1-3H3,(H,18,21)(H,19,22). The molecule has 0 bridgehead atoms. The molecule has 122 valence electrons. The molecule has 0 aliphatic rings. The highest BCUT2D eigenvalue weighted by molar-refractivity contribution is 5.96. The number of rotatable bonds is 5. The molecule has 0 spiro atoms. The quantitative estimate of drug-likeness (QED) is 0.764. The molecule has 0 heterocycles. The predicted octanol–water partition coefficient (Wildman–Crippen LogP) is 1.22. The van der Waals surface area contributed by atoms with Crippen molar-refractivity contribution in [2.75, 3.05) is 13.1 Å². The molecule has 0 radical (unpaired) electrons. The summed E-state index contributed by atoms with van der Waals surface area (Å²) in [4.78, 5) is 23.2. The van der Waals surface area contributed by atoms with Crippen LogP contribution < -0.4 is 10.6 Å². The zero-order valence-corrected chi connectivity index (χ0v) is 12.7. The van der Waals surface area contributed by atoms with E-state index in [-0.39, 0.29) is 24.1 Å². The molecule has 0 aliphatic heterocycles. The van der Waals surface area contributed by atoms with Crippen LogP contribution in [0.25, 0.3) is 0 Å². The average molecular weight is 314 g/mol. The van der Waals surface area contributed by atoms with E-state index in [4.69, 9.17) is 0 Å². The van der Waals surface area contributed by atoms with E-state index in [0.717, 1.165) is 18.2 Å². The molecule has 22 heavy (non-hydrogen) atoms. The lowest BCUT2D eigenvalue weighted by Crippen LogP contribution is -2.43. The monoisotopic (exact) mass is 314 g/mol. The van der Waals surface area contributed by atoms with Gasteiger partial charge in [-0.15, -0.1) is 0 Å². The number of hydrogen-bond donors (Lipinski definition) is 3. The second-order valence-corrected chi connectivity index (χ2v) is 6.00. The number of aliphatic hydroxyl groups is 1. The number of benzene rings is 1. The Balaban J connectivity index is 2.43. The van der Waals surface area contributed by atoms with Crippen LogP contribution in [0.1, 0.15) is 31.1 Å². The Morgan fingerprint density at radius 3 is 2.36 bits per heavy atom. The third-order valence-corrected chi connectivity index (χ3v) is 3.08. The zero-order chi connectivity index (χ0) is 16.9. The van der Waals surface area contributed by atoms with Crippen LogP contribution in [0, 0.1) is 17.0 Å². The van der Waals surface area contributed by atoms with Gasteiger partial charge in [0, 0.05) is 12.1 Å². The van der Waals surface area contributed by atoms with Gasteiger partial charge in [0.15, 0.2) is 11.6 Å². The number of carbonyl (C=O) groups is 2. The molecule has 3 N–H and O–H groups in total. The summed E-state index contributed by atoms with van der Waals surface area (Å²) < 4.78 is 25.8. The third kappa shape index (κ3) is 5.40. The molecule has 0 fully saturated rings. The van der Waals surface area contributed by atoms with Gasteiger partial charge < -0.3 is 15.7 Å². The minimum absolute atomic E-state index is 0.0589. The van der Waals surface area contributed by atoms with Crippen molar-refractivity contribution in [3.63, 3.8) is 0 Å². The van der Waals surface area contributed by atoms with Crippen molar-refractivity contribution in [3.05, 3.63) is 35.4 Å². The fraction of sp³-hybridized carbons (Fsp3) is 0.467. The summed E-state index contributed by atoms with van der Waals surface area (Å²) in [6, 6.07) is 2.71. The lowest BCUT2D eigenvalue weighted by Gasteiger charge is -2.25. The van der Waals surface area contributed by atoms with Crippen LogP contribution in [-0.4, -0.2) is 36.1 Å². The number of halogens is 2. The van der Waals surface area contributed by atoms with Crippen LogP contribution >= 0.6 is 0 Å². The smallest absolute Gasteiger partial charge is 0.251 e. The van der Waals surface area contributed by atoms with Crippen molar-refractivity contribution in [2.24, 2.45) is 5.41 Å². The van der Waals surface area contributed by atoms with Crippen molar-refractivity contribution in [3.8, 4) is 0 Å². The number of aliphatic hydroxyl groups excluding tert-OH is 1. The van der Waals surface area contributed by atoms with E-state index in [2.05, 4.69) is 10.6 Å². The summed E-state index contributed by atoms with van der Waals surface area (Å²) in [6.45, 7) is 5.22. The molecular formula is C15H20F2N2O3. The maximum atomic E-state index is 13.0. The van der Waals surface area contributed by atoms with Crippen molar-refractivity contribution < 1.29 is 23.5 Å². The normalized spacial score (nSPS) is 12.6. The van der Waals surface area contributed by atoms with Gasteiger partial charge in [-0.2, -0.15) is 0 Å². The first-order valence-corrected chi connectivity index (χ1v) is 6.79. The van der Waals surface area contributed by atoms with Crippen molar-refractivity contribution in [1.29, 1.82) is 0 Å². The minimum Gasteiger partial charge on any atom is -0.391 e. The Hall–Kier alpha value is -2.02. The van der Waals surface area contributed by atoms with Crippen LogP contribution in [0.3, 0.4) is 0 Å². The largest absolute Gasteiger partial charge is 0.391 e.